The topological polar surface area (TPSA) is 69.6 Å². The Bertz CT molecular complexity index is 271. The highest BCUT2D eigenvalue weighted by Gasteiger charge is 2.24. The van der Waals surface area contributed by atoms with Gasteiger partial charge in [-0.25, -0.2) is 4.79 Å². The standard InChI is InChI=1S/C12H24N2O3/c1-6-9(11(16)17)14(5)10(15)7-8-13-12(2,3)4/h9,13H,6-8H2,1-5H3,(H,16,17). The minimum absolute atomic E-state index is 0.0319. The molecule has 0 bridgehead atoms. The SMILES string of the molecule is CCC(C(=O)O)N(C)C(=O)CCNC(C)(C)C. The van der Waals surface area contributed by atoms with Crippen LogP contribution in [0.15, 0.2) is 0 Å². The second kappa shape index (κ2) is 6.59. The number of carboxylic acid groups (broad SMARTS) is 1. The van der Waals surface area contributed by atoms with Gasteiger partial charge in [0, 0.05) is 25.6 Å². The van der Waals surface area contributed by atoms with Crippen molar-refractivity contribution in [3.05, 3.63) is 0 Å². The maximum atomic E-state index is 11.8. The summed E-state index contributed by atoms with van der Waals surface area (Å²) in [6.07, 6.45) is 0.738. The number of nitrogens with one attached hydrogen (secondary N) is 1. The number of rotatable bonds is 6. The quantitative estimate of drug-likeness (QED) is 0.733. The Morgan fingerprint density at radius 3 is 2.24 bits per heavy atom. The van der Waals surface area contributed by atoms with Gasteiger partial charge < -0.3 is 15.3 Å². The smallest absolute Gasteiger partial charge is 0.326 e. The van der Waals surface area contributed by atoms with Gasteiger partial charge in [0.25, 0.3) is 0 Å². The Morgan fingerprint density at radius 2 is 1.88 bits per heavy atom. The van der Waals surface area contributed by atoms with E-state index in [0.29, 0.717) is 19.4 Å². The van der Waals surface area contributed by atoms with E-state index >= 15 is 0 Å². The van der Waals surface area contributed by atoms with E-state index in [4.69, 9.17) is 5.11 Å². The third-order valence-electron chi connectivity index (χ3n) is 2.53. The van der Waals surface area contributed by atoms with Crippen LogP contribution in [0, 0.1) is 0 Å². The third-order valence-corrected chi connectivity index (χ3v) is 2.53. The number of hydrogen-bond donors (Lipinski definition) is 2. The van der Waals surface area contributed by atoms with Crippen molar-refractivity contribution in [1.29, 1.82) is 0 Å². The molecule has 0 aromatic heterocycles. The van der Waals surface area contributed by atoms with Gasteiger partial charge in [-0.15, -0.1) is 0 Å². The molecule has 0 saturated heterocycles. The minimum Gasteiger partial charge on any atom is -0.480 e. The van der Waals surface area contributed by atoms with Gasteiger partial charge in [-0.05, 0) is 27.2 Å². The zero-order valence-electron chi connectivity index (χ0n) is 11.4. The van der Waals surface area contributed by atoms with Crippen molar-refractivity contribution in [3.63, 3.8) is 0 Å². The second-order valence-corrected chi connectivity index (χ2v) is 5.19. The van der Waals surface area contributed by atoms with Crippen molar-refractivity contribution >= 4 is 11.9 Å². The van der Waals surface area contributed by atoms with E-state index in [0.717, 1.165) is 0 Å². The lowest BCUT2D eigenvalue weighted by Crippen LogP contribution is -2.44. The van der Waals surface area contributed by atoms with Crippen molar-refractivity contribution in [2.45, 2.75) is 52.1 Å². The summed E-state index contributed by atoms with van der Waals surface area (Å²) in [5, 5.41) is 12.1. The lowest BCUT2D eigenvalue weighted by Gasteiger charge is -2.25. The van der Waals surface area contributed by atoms with Crippen LogP contribution < -0.4 is 5.32 Å². The average Bonchev–Trinajstić information content (AvgIpc) is 2.15. The van der Waals surface area contributed by atoms with Crippen LogP contribution >= 0.6 is 0 Å². The summed E-state index contributed by atoms with van der Waals surface area (Å²) in [4.78, 5) is 24.0. The Balaban J connectivity index is 4.18. The van der Waals surface area contributed by atoms with E-state index in [9.17, 15) is 9.59 Å². The van der Waals surface area contributed by atoms with Crippen LogP contribution in [0.2, 0.25) is 0 Å². The van der Waals surface area contributed by atoms with Gasteiger partial charge in [-0.3, -0.25) is 4.79 Å². The van der Waals surface area contributed by atoms with Crippen molar-refractivity contribution in [1.82, 2.24) is 10.2 Å². The molecule has 17 heavy (non-hydrogen) atoms. The second-order valence-electron chi connectivity index (χ2n) is 5.19. The van der Waals surface area contributed by atoms with Crippen LogP contribution in [0.5, 0.6) is 0 Å². The zero-order valence-corrected chi connectivity index (χ0v) is 11.4. The Kier molecular flexibility index (Phi) is 6.16. The van der Waals surface area contributed by atoms with Gasteiger partial charge in [0.2, 0.25) is 5.91 Å². The Hall–Kier alpha value is -1.10. The fourth-order valence-electron chi connectivity index (χ4n) is 1.51. The highest BCUT2D eigenvalue weighted by Crippen LogP contribution is 2.05. The third kappa shape index (κ3) is 6.26. The number of likely N-dealkylation sites (N-methyl/N-ethyl adjacent to an activating group) is 1. The van der Waals surface area contributed by atoms with Gasteiger partial charge >= 0.3 is 5.97 Å². The summed E-state index contributed by atoms with van der Waals surface area (Å²) < 4.78 is 0. The van der Waals surface area contributed by atoms with Crippen molar-refractivity contribution < 1.29 is 14.7 Å². The van der Waals surface area contributed by atoms with Crippen LogP contribution in [-0.2, 0) is 9.59 Å². The van der Waals surface area contributed by atoms with Crippen LogP contribution in [0.1, 0.15) is 40.5 Å². The van der Waals surface area contributed by atoms with Gasteiger partial charge in [-0.1, -0.05) is 6.92 Å². The lowest BCUT2D eigenvalue weighted by molar-refractivity contribution is -0.149. The predicted molar refractivity (Wildman–Crippen MR) is 66.9 cm³/mol. The molecule has 0 radical (unpaired) electrons. The maximum Gasteiger partial charge on any atom is 0.326 e. The normalized spacial score (nSPS) is 13.2. The molecular weight excluding hydrogens is 220 g/mol. The molecule has 5 heteroatoms. The van der Waals surface area contributed by atoms with Crippen molar-refractivity contribution in [3.8, 4) is 0 Å². The fraction of sp³-hybridized carbons (Fsp3) is 0.833. The van der Waals surface area contributed by atoms with Crippen molar-refractivity contribution in [2.75, 3.05) is 13.6 Å². The molecule has 100 valence electrons. The number of nitrogens with zero attached hydrogens (tertiary/aromatic N) is 1. The molecule has 0 aliphatic heterocycles. The number of carbonyl (C=O) groups excluding carboxylic acids is 1. The summed E-state index contributed by atoms with van der Waals surface area (Å²) in [6.45, 7) is 8.38. The number of carboxylic acids is 1. The highest BCUT2D eigenvalue weighted by molar-refractivity contribution is 5.83. The molecule has 1 unspecified atom stereocenters. The van der Waals surface area contributed by atoms with Gasteiger partial charge in [0.1, 0.15) is 6.04 Å². The number of aliphatic carboxylic acids is 1. The summed E-state index contributed by atoms with van der Waals surface area (Å²) in [7, 11) is 1.54. The maximum absolute atomic E-state index is 11.8. The Morgan fingerprint density at radius 1 is 1.35 bits per heavy atom. The van der Waals surface area contributed by atoms with Gasteiger partial charge in [-0.2, -0.15) is 0 Å². The van der Waals surface area contributed by atoms with Gasteiger partial charge in [0.15, 0.2) is 0 Å². The first-order chi connectivity index (χ1) is 7.69. The van der Waals surface area contributed by atoms with E-state index in [1.807, 2.05) is 20.8 Å². The van der Waals surface area contributed by atoms with E-state index in [2.05, 4.69) is 5.32 Å². The molecule has 0 aromatic rings. The molecule has 1 amide bonds. The van der Waals surface area contributed by atoms with E-state index in [1.54, 1.807) is 14.0 Å². The molecule has 0 heterocycles. The lowest BCUT2D eigenvalue weighted by atomic mass is 10.1. The summed E-state index contributed by atoms with van der Waals surface area (Å²) in [6, 6.07) is -0.725. The highest BCUT2D eigenvalue weighted by atomic mass is 16.4. The largest absolute Gasteiger partial charge is 0.480 e. The molecule has 5 nitrogen and oxygen atoms in total. The minimum atomic E-state index is -0.952. The first kappa shape index (κ1) is 15.9. The molecule has 0 fully saturated rings. The monoisotopic (exact) mass is 244 g/mol. The van der Waals surface area contributed by atoms with E-state index in [1.165, 1.54) is 4.90 Å². The van der Waals surface area contributed by atoms with Crippen molar-refractivity contribution in [2.24, 2.45) is 0 Å². The molecule has 1 atom stereocenters. The molecule has 0 spiro atoms. The van der Waals surface area contributed by atoms with E-state index < -0.39 is 12.0 Å². The number of hydrogen-bond acceptors (Lipinski definition) is 3. The fourth-order valence-corrected chi connectivity index (χ4v) is 1.51. The molecule has 0 rings (SSSR count). The van der Waals surface area contributed by atoms with E-state index in [-0.39, 0.29) is 11.4 Å². The molecule has 0 aliphatic carbocycles. The molecule has 0 saturated carbocycles. The summed E-state index contributed by atoms with van der Waals surface area (Å²) in [5.74, 6) is -1.09. The van der Waals surface area contributed by atoms with Gasteiger partial charge in [0.05, 0.1) is 0 Å². The zero-order chi connectivity index (χ0) is 13.6. The number of carbonyl (C=O) groups is 2. The molecule has 0 aliphatic rings. The summed E-state index contributed by atoms with van der Waals surface area (Å²) >= 11 is 0. The Labute approximate surface area is 103 Å². The molecule has 0 aromatic carbocycles. The first-order valence-corrected chi connectivity index (χ1v) is 5.92. The van der Waals surface area contributed by atoms with Crippen LogP contribution in [0.25, 0.3) is 0 Å². The van der Waals surface area contributed by atoms with Crippen LogP contribution in [0.4, 0.5) is 0 Å². The van der Waals surface area contributed by atoms with Crippen LogP contribution in [0.3, 0.4) is 0 Å². The average molecular weight is 244 g/mol. The summed E-state index contributed by atoms with van der Waals surface area (Å²) in [5.41, 5.74) is -0.0319. The van der Waals surface area contributed by atoms with Crippen LogP contribution in [-0.4, -0.2) is 47.1 Å². The first-order valence-electron chi connectivity index (χ1n) is 5.92. The number of amides is 1. The molecule has 2 N–H and O–H groups in total. The molecular formula is C12H24N2O3. The predicted octanol–water partition coefficient (Wildman–Crippen LogP) is 1.09.